The maximum absolute atomic E-state index is 11.9. The zero-order valence-corrected chi connectivity index (χ0v) is 15.2. The minimum atomic E-state index is -0.707. The van der Waals surface area contributed by atoms with E-state index in [1.165, 1.54) is 19.0 Å². The van der Waals surface area contributed by atoms with Gasteiger partial charge in [0.1, 0.15) is 6.04 Å². The van der Waals surface area contributed by atoms with Crippen LogP contribution in [0.4, 0.5) is 4.79 Å². The third-order valence-electron chi connectivity index (χ3n) is 3.78. The molecule has 6 nitrogen and oxygen atoms in total. The van der Waals surface area contributed by atoms with Crippen LogP contribution in [0.2, 0.25) is 5.02 Å². The summed E-state index contributed by atoms with van der Waals surface area (Å²) in [5.74, 6) is 1.00. The van der Waals surface area contributed by atoms with Crippen molar-refractivity contribution >= 4 is 41.2 Å². The third kappa shape index (κ3) is 4.64. The van der Waals surface area contributed by atoms with Gasteiger partial charge in [-0.05, 0) is 17.7 Å². The maximum atomic E-state index is 11.9. The van der Waals surface area contributed by atoms with Crippen molar-refractivity contribution in [3.63, 3.8) is 0 Å². The highest BCUT2D eigenvalue weighted by molar-refractivity contribution is 7.98. The summed E-state index contributed by atoms with van der Waals surface area (Å²) in [6.07, 6.45) is -0.00955. The molecular formula is C16H20ClN3O3S. The first-order valence-corrected chi connectivity index (χ1v) is 9.06. The van der Waals surface area contributed by atoms with Gasteiger partial charge >= 0.3 is 6.03 Å². The van der Waals surface area contributed by atoms with E-state index in [0.717, 1.165) is 22.0 Å². The van der Waals surface area contributed by atoms with Crippen LogP contribution < -0.4 is 5.32 Å². The smallest absolute Gasteiger partial charge is 0.326 e. The van der Waals surface area contributed by atoms with E-state index < -0.39 is 6.04 Å². The number of carbonyl (C=O) groups is 3. The molecule has 1 aliphatic heterocycles. The minimum absolute atomic E-state index is 0.00955. The summed E-state index contributed by atoms with van der Waals surface area (Å²) in [6, 6.07) is 6.58. The van der Waals surface area contributed by atoms with Crippen LogP contribution in [-0.2, 0) is 15.3 Å². The first kappa shape index (κ1) is 18.6. The van der Waals surface area contributed by atoms with Crippen LogP contribution in [-0.4, -0.2) is 60.1 Å². The number of halogens is 1. The number of rotatable bonds is 7. The van der Waals surface area contributed by atoms with Gasteiger partial charge in [0.15, 0.2) is 0 Å². The number of thioether (sulfide) groups is 1. The number of hydrogen-bond acceptors (Lipinski definition) is 4. The molecule has 0 aliphatic carbocycles. The Morgan fingerprint density at radius 3 is 2.71 bits per heavy atom. The second-order valence-electron chi connectivity index (χ2n) is 5.54. The van der Waals surface area contributed by atoms with Crippen molar-refractivity contribution in [3.8, 4) is 0 Å². The second-order valence-corrected chi connectivity index (χ2v) is 7.08. The maximum Gasteiger partial charge on any atom is 0.326 e. The number of nitrogens with zero attached hydrogens (tertiary/aromatic N) is 2. The number of benzene rings is 1. The van der Waals surface area contributed by atoms with Gasteiger partial charge in [-0.25, -0.2) is 4.79 Å². The van der Waals surface area contributed by atoms with E-state index in [-0.39, 0.29) is 24.3 Å². The van der Waals surface area contributed by atoms with Crippen molar-refractivity contribution in [3.05, 3.63) is 34.9 Å². The van der Waals surface area contributed by atoms with E-state index in [4.69, 9.17) is 11.6 Å². The third-order valence-corrected chi connectivity index (χ3v) is 5.04. The summed E-state index contributed by atoms with van der Waals surface area (Å²) >= 11 is 7.62. The Morgan fingerprint density at radius 1 is 1.33 bits per heavy atom. The van der Waals surface area contributed by atoms with Crippen LogP contribution in [0, 0.1) is 0 Å². The standard InChI is InChI=1S/C16H20ClN3O3S/c1-19-13(15(22)20(2)16(19)23)9-14(21)18-6-7-24-10-11-4-3-5-12(17)8-11/h3-5,8,13H,6-7,9-10H2,1-2H3,(H,18,21). The minimum Gasteiger partial charge on any atom is -0.355 e. The number of carbonyl (C=O) groups excluding carboxylic acids is 3. The molecule has 0 saturated carbocycles. The summed E-state index contributed by atoms with van der Waals surface area (Å²) in [5.41, 5.74) is 1.14. The predicted octanol–water partition coefficient (Wildman–Crippen LogP) is 1.97. The van der Waals surface area contributed by atoms with Crippen molar-refractivity contribution in [2.24, 2.45) is 0 Å². The Bertz CT molecular complexity index is 641. The van der Waals surface area contributed by atoms with E-state index in [1.807, 2.05) is 24.3 Å². The Morgan fingerprint density at radius 2 is 2.08 bits per heavy atom. The highest BCUT2D eigenvalue weighted by Gasteiger charge is 2.41. The average Bonchev–Trinajstić information content (AvgIpc) is 2.72. The molecule has 2 rings (SSSR count). The number of imide groups is 1. The molecule has 1 unspecified atom stereocenters. The van der Waals surface area contributed by atoms with E-state index in [2.05, 4.69) is 5.32 Å². The van der Waals surface area contributed by atoms with Crippen molar-refractivity contribution < 1.29 is 14.4 Å². The second kappa shape index (κ2) is 8.39. The van der Waals surface area contributed by atoms with E-state index >= 15 is 0 Å². The number of likely N-dealkylation sites (N-methyl/N-ethyl adjacent to an activating group) is 2. The molecule has 1 fully saturated rings. The van der Waals surface area contributed by atoms with Gasteiger partial charge in [-0.3, -0.25) is 14.5 Å². The Kier molecular flexibility index (Phi) is 6.51. The zero-order valence-electron chi connectivity index (χ0n) is 13.6. The molecule has 24 heavy (non-hydrogen) atoms. The van der Waals surface area contributed by atoms with Gasteiger partial charge in [0, 0.05) is 37.2 Å². The summed E-state index contributed by atoms with van der Waals surface area (Å²) in [7, 11) is 2.95. The van der Waals surface area contributed by atoms with Crippen LogP contribution in [0.25, 0.3) is 0 Å². The zero-order chi connectivity index (χ0) is 17.7. The van der Waals surface area contributed by atoms with Crippen molar-refractivity contribution in [2.45, 2.75) is 18.2 Å². The number of amides is 4. The Balaban J connectivity index is 1.67. The number of hydrogen-bond donors (Lipinski definition) is 1. The normalized spacial score (nSPS) is 17.5. The lowest BCUT2D eigenvalue weighted by molar-refractivity contribution is -0.131. The summed E-state index contributed by atoms with van der Waals surface area (Å²) in [4.78, 5) is 37.8. The molecule has 0 radical (unpaired) electrons. The molecule has 1 atom stereocenters. The Labute approximate surface area is 150 Å². The molecule has 1 aromatic rings. The van der Waals surface area contributed by atoms with Gasteiger partial charge in [-0.1, -0.05) is 23.7 Å². The topological polar surface area (TPSA) is 69.7 Å². The van der Waals surface area contributed by atoms with E-state index in [1.54, 1.807) is 11.8 Å². The van der Waals surface area contributed by atoms with Crippen molar-refractivity contribution in [1.29, 1.82) is 0 Å². The molecule has 1 aliphatic rings. The van der Waals surface area contributed by atoms with E-state index in [0.29, 0.717) is 11.6 Å². The molecule has 1 N–H and O–H groups in total. The molecule has 1 aromatic carbocycles. The van der Waals surface area contributed by atoms with Gasteiger partial charge < -0.3 is 10.2 Å². The highest BCUT2D eigenvalue weighted by atomic mass is 35.5. The fraction of sp³-hybridized carbons (Fsp3) is 0.438. The lowest BCUT2D eigenvalue weighted by atomic mass is 10.2. The SMILES string of the molecule is CN1C(=O)C(CC(=O)NCCSCc2cccc(Cl)c2)N(C)C1=O. The molecule has 4 amide bonds. The quantitative estimate of drug-likeness (QED) is 0.589. The molecule has 130 valence electrons. The lowest BCUT2D eigenvalue weighted by Crippen LogP contribution is -2.38. The summed E-state index contributed by atoms with van der Waals surface area (Å²) < 4.78 is 0. The van der Waals surface area contributed by atoms with Gasteiger partial charge in [0.05, 0.1) is 6.42 Å². The van der Waals surface area contributed by atoms with Crippen LogP contribution in [0.3, 0.4) is 0 Å². The number of nitrogens with one attached hydrogen (secondary N) is 1. The van der Waals surface area contributed by atoms with Gasteiger partial charge in [0.2, 0.25) is 5.91 Å². The molecule has 0 aromatic heterocycles. The number of urea groups is 1. The largest absolute Gasteiger partial charge is 0.355 e. The van der Waals surface area contributed by atoms with Gasteiger partial charge in [-0.2, -0.15) is 11.8 Å². The molecule has 0 spiro atoms. The molecule has 1 saturated heterocycles. The fourth-order valence-electron chi connectivity index (χ4n) is 2.40. The molecule has 1 heterocycles. The van der Waals surface area contributed by atoms with E-state index in [9.17, 15) is 14.4 Å². The highest BCUT2D eigenvalue weighted by Crippen LogP contribution is 2.17. The summed E-state index contributed by atoms with van der Waals surface area (Å²) in [6.45, 7) is 0.512. The first-order chi connectivity index (χ1) is 11.4. The fourth-order valence-corrected chi connectivity index (χ4v) is 3.42. The van der Waals surface area contributed by atoms with Crippen LogP contribution in [0.5, 0.6) is 0 Å². The average molecular weight is 370 g/mol. The van der Waals surface area contributed by atoms with Crippen molar-refractivity contribution in [1.82, 2.24) is 15.1 Å². The lowest BCUT2D eigenvalue weighted by Gasteiger charge is -2.15. The molecule has 8 heteroatoms. The van der Waals surface area contributed by atoms with Crippen LogP contribution >= 0.6 is 23.4 Å². The molecular weight excluding hydrogens is 350 g/mol. The van der Waals surface area contributed by atoms with Gasteiger partial charge in [0.25, 0.3) is 5.91 Å². The van der Waals surface area contributed by atoms with Crippen LogP contribution in [0.1, 0.15) is 12.0 Å². The predicted molar refractivity (Wildman–Crippen MR) is 95.0 cm³/mol. The van der Waals surface area contributed by atoms with Crippen LogP contribution in [0.15, 0.2) is 24.3 Å². The summed E-state index contributed by atoms with van der Waals surface area (Å²) in [5, 5.41) is 3.50. The van der Waals surface area contributed by atoms with Crippen molar-refractivity contribution in [2.75, 3.05) is 26.4 Å². The molecule has 0 bridgehead atoms. The Hall–Kier alpha value is -1.73. The first-order valence-electron chi connectivity index (χ1n) is 7.53. The van der Waals surface area contributed by atoms with Gasteiger partial charge in [-0.15, -0.1) is 0 Å². The monoisotopic (exact) mass is 369 g/mol.